The van der Waals surface area contributed by atoms with Crippen LogP contribution in [0.5, 0.6) is 11.5 Å². The highest BCUT2D eigenvalue weighted by atomic mass is 16.5. The van der Waals surface area contributed by atoms with Gasteiger partial charge in [0.1, 0.15) is 11.5 Å². The first-order chi connectivity index (χ1) is 11.7. The molecule has 0 unspecified atom stereocenters. The predicted molar refractivity (Wildman–Crippen MR) is 92.6 cm³/mol. The second-order valence-corrected chi connectivity index (χ2v) is 5.34. The van der Waals surface area contributed by atoms with Crippen molar-refractivity contribution in [1.29, 1.82) is 0 Å². The third-order valence-corrected chi connectivity index (χ3v) is 3.58. The van der Waals surface area contributed by atoms with Crippen LogP contribution in [0.1, 0.15) is 22.3 Å². The Morgan fingerprint density at radius 3 is 2.62 bits per heavy atom. The van der Waals surface area contributed by atoms with E-state index in [0.29, 0.717) is 25.5 Å². The van der Waals surface area contributed by atoms with Crippen LogP contribution in [0.25, 0.3) is 0 Å². The number of phenolic OH excluding ortho intramolecular Hbond substituents is 1. The second-order valence-electron chi connectivity index (χ2n) is 5.34. The zero-order valence-electron chi connectivity index (χ0n) is 13.8. The number of nitrogens with one attached hydrogen (secondary N) is 1. The van der Waals surface area contributed by atoms with E-state index in [4.69, 9.17) is 9.47 Å². The van der Waals surface area contributed by atoms with Crippen molar-refractivity contribution in [2.24, 2.45) is 0 Å². The van der Waals surface area contributed by atoms with Crippen molar-refractivity contribution in [3.63, 3.8) is 0 Å². The number of carbonyl (C=O) groups excluding carboxylic acids is 1. The Labute approximate surface area is 142 Å². The van der Waals surface area contributed by atoms with Crippen molar-refractivity contribution in [1.82, 2.24) is 5.32 Å². The van der Waals surface area contributed by atoms with Crippen LogP contribution in [-0.2, 0) is 11.2 Å². The van der Waals surface area contributed by atoms with Gasteiger partial charge in [-0.25, -0.2) is 0 Å². The zero-order chi connectivity index (χ0) is 17.2. The van der Waals surface area contributed by atoms with Crippen LogP contribution < -0.4 is 10.1 Å². The molecule has 0 aliphatic heterocycles. The molecule has 2 aromatic carbocycles. The quantitative estimate of drug-likeness (QED) is 0.694. The van der Waals surface area contributed by atoms with Crippen LogP contribution in [0, 0.1) is 0 Å². The molecule has 0 fully saturated rings. The normalized spacial score (nSPS) is 10.4. The van der Waals surface area contributed by atoms with Gasteiger partial charge in [-0.15, -0.1) is 0 Å². The summed E-state index contributed by atoms with van der Waals surface area (Å²) in [7, 11) is 1.51. The summed E-state index contributed by atoms with van der Waals surface area (Å²) < 4.78 is 10.6. The van der Waals surface area contributed by atoms with Crippen molar-refractivity contribution in [2.75, 3.05) is 26.9 Å². The molecule has 0 aromatic heterocycles. The van der Waals surface area contributed by atoms with E-state index in [1.54, 1.807) is 12.1 Å². The van der Waals surface area contributed by atoms with Crippen molar-refractivity contribution in [3.05, 3.63) is 59.7 Å². The Balaban J connectivity index is 1.61. The fraction of sp³-hybridized carbons (Fsp3) is 0.316. The van der Waals surface area contributed by atoms with Crippen molar-refractivity contribution in [2.45, 2.75) is 12.8 Å². The van der Waals surface area contributed by atoms with Crippen LogP contribution in [-0.4, -0.2) is 37.9 Å². The van der Waals surface area contributed by atoms with E-state index in [9.17, 15) is 9.90 Å². The minimum atomic E-state index is -0.306. The van der Waals surface area contributed by atoms with Gasteiger partial charge < -0.3 is 19.9 Å². The molecule has 0 spiro atoms. The minimum absolute atomic E-state index is 0.0917. The van der Waals surface area contributed by atoms with Crippen LogP contribution in [0.2, 0.25) is 0 Å². The highest BCUT2D eigenvalue weighted by molar-refractivity contribution is 5.96. The zero-order valence-corrected chi connectivity index (χ0v) is 13.8. The Bertz CT molecular complexity index is 643. The second kappa shape index (κ2) is 9.57. The standard InChI is InChI=1S/C19H23NO4/c1-23-16-8-9-17(18(21)14-16)19(22)20-11-5-12-24-13-10-15-6-3-2-4-7-15/h2-4,6-9,14,21H,5,10-13H2,1H3,(H,20,22). The topological polar surface area (TPSA) is 67.8 Å². The smallest absolute Gasteiger partial charge is 0.255 e. The van der Waals surface area contributed by atoms with Gasteiger partial charge in [-0.2, -0.15) is 0 Å². The molecule has 2 aromatic rings. The third kappa shape index (κ3) is 5.59. The molecule has 1 amide bonds. The number of carbonyl (C=O) groups is 1. The van der Waals surface area contributed by atoms with Gasteiger partial charge in [0, 0.05) is 19.2 Å². The number of amides is 1. The Morgan fingerprint density at radius 1 is 1.12 bits per heavy atom. The largest absolute Gasteiger partial charge is 0.507 e. The summed E-state index contributed by atoms with van der Waals surface area (Å²) in [6.45, 7) is 1.74. The fourth-order valence-electron chi connectivity index (χ4n) is 2.24. The van der Waals surface area contributed by atoms with Crippen LogP contribution >= 0.6 is 0 Å². The first kappa shape index (κ1) is 17.8. The van der Waals surface area contributed by atoms with Crippen LogP contribution in [0.3, 0.4) is 0 Å². The highest BCUT2D eigenvalue weighted by Gasteiger charge is 2.11. The van der Waals surface area contributed by atoms with Gasteiger partial charge in [0.25, 0.3) is 5.91 Å². The lowest BCUT2D eigenvalue weighted by molar-refractivity contribution is 0.0939. The molecule has 0 aliphatic rings. The Hall–Kier alpha value is -2.53. The molecule has 5 heteroatoms. The number of hydrogen-bond acceptors (Lipinski definition) is 4. The molecule has 0 bridgehead atoms. The summed E-state index contributed by atoms with van der Waals surface area (Å²) >= 11 is 0. The van der Waals surface area contributed by atoms with Crippen LogP contribution in [0.4, 0.5) is 0 Å². The maximum Gasteiger partial charge on any atom is 0.255 e. The Kier molecular flexibility index (Phi) is 7.11. The molecular formula is C19H23NO4. The summed E-state index contributed by atoms with van der Waals surface area (Å²) in [6, 6.07) is 14.8. The van der Waals surface area contributed by atoms with E-state index in [2.05, 4.69) is 17.4 Å². The van der Waals surface area contributed by atoms with Crippen molar-refractivity contribution in [3.8, 4) is 11.5 Å². The summed E-state index contributed by atoms with van der Waals surface area (Å²) in [5.41, 5.74) is 1.49. The highest BCUT2D eigenvalue weighted by Crippen LogP contribution is 2.23. The molecule has 0 saturated heterocycles. The van der Waals surface area contributed by atoms with E-state index < -0.39 is 0 Å². The number of aromatic hydroxyl groups is 1. The average Bonchev–Trinajstić information content (AvgIpc) is 2.61. The number of phenols is 1. The lowest BCUT2D eigenvalue weighted by Gasteiger charge is -2.08. The third-order valence-electron chi connectivity index (χ3n) is 3.58. The average molecular weight is 329 g/mol. The lowest BCUT2D eigenvalue weighted by atomic mass is 10.1. The number of benzene rings is 2. The van der Waals surface area contributed by atoms with Gasteiger partial charge in [-0.05, 0) is 30.5 Å². The molecule has 2 rings (SSSR count). The predicted octanol–water partition coefficient (Wildman–Crippen LogP) is 2.78. The molecule has 2 N–H and O–H groups in total. The van der Waals surface area contributed by atoms with Crippen molar-refractivity contribution >= 4 is 5.91 Å². The van der Waals surface area contributed by atoms with E-state index >= 15 is 0 Å². The van der Waals surface area contributed by atoms with E-state index in [-0.39, 0.29) is 17.2 Å². The molecule has 128 valence electrons. The van der Waals surface area contributed by atoms with Crippen LogP contribution in [0.15, 0.2) is 48.5 Å². The van der Waals surface area contributed by atoms with Gasteiger partial charge in [-0.1, -0.05) is 30.3 Å². The fourth-order valence-corrected chi connectivity index (χ4v) is 2.24. The van der Waals surface area contributed by atoms with Gasteiger partial charge in [0.05, 0.1) is 19.3 Å². The number of methoxy groups -OCH3 is 1. The Morgan fingerprint density at radius 2 is 1.92 bits per heavy atom. The maximum absolute atomic E-state index is 12.0. The van der Waals surface area contributed by atoms with Crippen molar-refractivity contribution < 1.29 is 19.4 Å². The van der Waals surface area contributed by atoms with E-state index in [0.717, 1.165) is 12.8 Å². The first-order valence-electron chi connectivity index (χ1n) is 7.97. The minimum Gasteiger partial charge on any atom is -0.507 e. The molecule has 24 heavy (non-hydrogen) atoms. The number of rotatable bonds is 9. The maximum atomic E-state index is 12.0. The number of ether oxygens (including phenoxy) is 2. The van der Waals surface area contributed by atoms with E-state index in [1.807, 2.05) is 18.2 Å². The van der Waals surface area contributed by atoms with Gasteiger partial charge in [0.2, 0.25) is 0 Å². The van der Waals surface area contributed by atoms with Gasteiger partial charge in [-0.3, -0.25) is 4.79 Å². The molecule has 0 saturated carbocycles. The molecule has 5 nitrogen and oxygen atoms in total. The summed E-state index contributed by atoms with van der Waals surface area (Å²) in [6.07, 6.45) is 1.60. The summed E-state index contributed by atoms with van der Waals surface area (Å²) in [5.74, 6) is 0.112. The summed E-state index contributed by atoms with van der Waals surface area (Å²) in [5, 5.41) is 12.6. The SMILES string of the molecule is COc1ccc(C(=O)NCCCOCCc2ccccc2)c(O)c1. The van der Waals surface area contributed by atoms with E-state index in [1.165, 1.54) is 18.7 Å². The molecular weight excluding hydrogens is 306 g/mol. The monoisotopic (exact) mass is 329 g/mol. The number of hydrogen-bond donors (Lipinski definition) is 2. The first-order valence-corrected chi connectivity index (χ1v) is 7.97. The lowest BCUT2D eigenvalue weighted by Crippen LogP contribution is -2.25. The molecule has 0 heterocycles. The van der Waals surface area contributed by atoms with Gasteiger partial charge >= 0.3 is 0 Å². The summed E-state index contributed by atoms with van der Waals surface area (Å²) in [4.78, 5) is 12.0. The molecule has 0 atom stereocenters. The van der Waals surface area contributed by atoms with Gasteiger partial charge in [0.15, 0.2) is 0 Å². The molecule has 0 radical (unpaired) electrons. The molecule has 0 aliphatic carbocycles.